The van der Waals surface area contributed by atoms with Crippen LogP contribution < -0.4 is 5.48 Å². The fraction of sp³-hybridized carbons (Fsp3) is 0.800. The Kier molecular flexibility index (Phi) is 5.00. The van der Waals surface area contributed by atoms with Crippen LogP contribution in [0, 0.1) is 0 Å². The lowest BCUT2D eigenvalue weighted by Gasteiger charge is -2.02. The molecule has 0 saturated carbocycles. The number of aliphatic hydroxyl groups is 1. The Bertz CT molecular complexity index is 109. The van der Waals surface area contributed by atoms with E-state index in [4.69, 9.17) is 10.3 Å². The van der Waals surface area contributed by atoms with Gasteiger partial charge in [-0.05, 0) is 0 Å². The SMILES string of the molecule is O=C(CNO)CC(O)CF. The molecule has 4 nitrogen and oxygen atoms in total. The Morgan fingerprint density at radius 3 is 2.70 bits per heavy atom. The van der Waals surface area contributed by atoms with Crippen molar-refractivity contribution in [3.05, 3.63) is 0 Å². The van der Waals surface area contributed by atoms with Crippen molar-refractivity contribution in [2.75, 3.05) is 13.2 Å². The van der Waals surface area contributed by atoms with E-state index >= 15 is 0 Å². The van der Waals surface area contributed by atoms with Crippen LogP contribution in [0.15, 0.2) is 0 Å². The number of hydroxylamine groups is 1. The number of ketones is 1. The molecular formula is C5H10FNO3. The summed E-state index contributed by atoms with van der Waals surface area (Å²) in [5, 5.41) is 16.5. The van der Waals surface area contributed by atoms with Gasteiger partial charge in [-0.3, -0.25) is 4.79 Å². The molecule has 0 heterocycles. The molecule has 0 saturated heterocycles. The monoisotopic (exact) mass is 151 g/mol. The van der Waals surface area contributed by atoms with Crippen LogP contribution in [0.1, 0.15) is 6.42 Å². The van der Waals surface area contributed by atoms with Crippen molar-refractivity contribution in [1.29, 1.82) is 0 Å². The smallest absolute Gasteiger partial charge is 0.151 e. The lowest BCUT2D eigenvalue weighted by atomic mass is 10.2. The third kappa shape index (κ3) is 4.37. The van der Waals surface area contributed by atoms with E-state index in [1.165, 1.54) is 0 Å². The lowest BCUT2D eigenvalue weighted by molar-refractivity contribution is -0.121. The molecule has 0 amide bonds. The Hall–Kier alpha value is -0.520. The lowest BCUT2D eigenvalue weighted by Crippen LogP contribution is -2.24. The standard InChI is InChI=1S/C5H10FNO3/c6-2-4(8)1-5(9)3-7-10/h4,7-8,10H,1-3H2. The molecule has 0 aliphatic carbocycles. The maximum Gasteiger partial charge on any atom is 0.151 e. The molecule has 1 atom stereocenters. The van der Waals surface area contributed by atoms with Crippen molar-refractivity contribution in [2.24, 2.45) is 0 Å². The van der Waals surface area contributed by atoms with E-state index in [-0.39, 0.29) is 13.0 Å². The summed E-state index contributed by atoms with van der Waals surface area (Å²) in [6.45, 7) is -1.19. The van der Waals surface area contributed by atoms with Crippen molar-refractivity contribution in [3.8, 4) is 0 Å². The van der Waals surface area contributed by atoms with Crippen LogP contribution in [-0.4, -0.2) is 35.4 Å². The zero-order chi connectivity index (χ0) is 7.98. The summed E-state index contributed by atoms with van der Waals surface area (Å²) in [5.74, 6) is -0.423. The maximum absolute atomic E-state index is 11.5. The van der Waals surface area contributed by atoms with E-state index in [1.54, 1.807) is 5.48 Å². The zero-order valence-corrected chi connectivity index (χ0v) is 5.38. The summed E-state index contributed by atoms with van der Waals surface area (Å²) in [5.41, 5.74) is 1.61. The highest BCUT2D eigenvalue weighted by Gasteiger charge is 2.08. The van der Waals surface area contributed by atoms with Gasteiger partial charge in [0.15, 0.2) is 5.78 Å². The van der Waals surface area contributed by atoms with Crippen LogP contribution in [0.3, 0.4) is 0 Å². The molecular weight excluding hydrogens is 141 g/mol. The van der Waals surface area contributed by atoms with Crippen molar-refractivity contribution in [2.45, 2.75) is 12.5 Å². The molecule has 0 aromatic rings. The molecule has 3 N–H and O–H groups in total. The Morgan fingerprint density at radius 2 is 2.30 bits per heavy atom. The van der Waals surface area contributed by atoms with Gasteiger partial charge in [0.25, 0.3) is 0 Å². The maximum atomic E-state index is 11.5. The molecule has 0 radical (unpaired) electrons. The summed E-state index contributed by atoms with van der Waals surface area (Å²) in [4.78, 5) is 10.5. The van der Waals surface area contributed by atoms with E-state index in [0.717, 1.165) is 0 Å². The third-order valence-electron chi connectivity index (χ3n) is 0.918. The van der Waals surface area contributed by atoms with Gasteiger partial charge in [-0.2, -0.15) is 5.48 Å². The van der Waals surface area contributed by atoms with E-state index in [2.05, 4.69) is 0 Å². The first kappa shape index (κ1) is 9.48. The second-order valence-electron chi connectivity index (χ2n) is 1.89. The minimum Gasteiger partial charge on any atom is -0.390 e. The van der Waals surface area contributed by atoms with Crippen molar-refractivity contribution >= 4 is 5.78 Å². The van der Waals surface area contributed by atoms with Gasteiger partial charge in [-0.25, -0.2) is 4.39 Å². The Morgan fingerprint density at radius 1 is 1.70 bits per heavy atom. The first-order valence-corrected chi connectivity index (χ1v) is 2.83. The number of halogens is 1. The molecule has 0 fully saturated rings. The number of hydrogen-bond donors (Lipinski definition) is 3. The van der Waals surface area contributed by atoms with Crippen LogP contribution in [0.2, 0.25) is 0 Å². The topological polar surface area (TPSA) is 69.6 Å². The molecule has 0 spiro atoms. The number of aliphatic hydroxyl groups excluding tert-OH is 1. The van der Waals surface area contributed by atoms with Gasteiger partial charge >= 0.3 is 0 Å². The summed E-state index contributed by atoms with van der Waals surface area (Å²) >= 11 is 0. The molecule has 0 aliphatic rings. The Balaban J connectivity index is 3.37. The minimum absolute atomic E-state index is 0.253. The van der Waals surface area contributed by atoms with E-state index in [1.807, 2.05) is 0 Å². The second-order valence-corrected chi connectivity index (χ2v) is 1.89. The minimum atomic E-state index is -1.24. The van der Waals surface area contributed by atoms with Gasteiger partial charge < -0.3 is 10.3 Å². The van der Waals surface area contributed by atoms with Crippen LogP contribution in [-0.2, 0) is 4.79 Å². The van der Waals surface area contributed by atoms with Crippen LogP contribution in [0.4, 0.5) is 4.39 Å². The highest BCUT2D eigenvalue weighted by molar-refractivity contribution is 5.80. The van der Waals surface area contributed by atoms with Crippen molar-refractivity contribution in [1.82, 2.24) is 5.48 Å². The van der Waals surface area contributed by atoms with Gasteiger partial charge in [-0.15, -0.1) is 0 Å². The molecule has 0 rings (SSSR count). The van der Waals surface area contributed by atoms with E-state index < -0.39 is 18.6 Å². The van der Waals surface area contributed by atoms with Gasteiger partial charge in [0, 0.05) is 6.42 Å². The van der Waals surface area contributed by atoms with Gasteiger partial charge in [0.2, 0.25) is 0 Å². The second kappa shape index (κ2) is 5.28. The first-order chi connectivity index (χ1) is 4.70. The average molecular weight is 151 g/mol. The van der Waals surface area contributed by atoms with Crippen LogP contribution >= 0.6 is 0 Å². The molecule has 0 bridgehead atoms. The number of hydrogen-bond acceptors (Lipinski definition) is 4. The molecule has 5 heteroatoms. The quantitative estimate of drug-likeness (QED) is 0.452. The van der Waals surface area contributed by atoms with E-state index in [9.17, 15) is 9.18 Å². The molecule has 0 aliphatic heterocycles. The van der Waals surface area contributed by atoms with Crippen molar-refractivity contribution < 1.29 is 19.5 Å². The highest BCUT2D eigenvalue weighted by Crippen LogP contribution is 1.92. The molecule has 0 aromatic heterocycles. The highest BCUT2D eigenvalue weighted by atomic mass is 19.1. The number of Topliss-reactive ketones (excluding diaryl/α,β-unsaturated/α-hetero) is 1. The number of carbonyl (C=O) groups is 1. The number of carbonyl (C=O) groups excluding carboxylic acids is 1. The summed E-state index contributed by atoms with van der Waals surface area (Å²) in [6.07, 6.45) is -1.50. The van der Waals surface area contributed by atoms with Crippen LogP contribution in [0.5, 0.6) is 0 Å². The summed E-state index contributed by atoms with van der Waals surface area (Å²) < 4.78 is 11.5. The molecule has 1 unspecified atom stereocenters. The number of nitrogens with one attached hydrogen (secondary N) is 1. The summed E-state index contributed by atoms with van der Waals surface area (Å²) in [6, 6.07) is 0. The van der Waals surface area contributed by atoms with Gasteiger partial charge in [-0.1, -0.05) is 0 Å². The van der Waals surface area contributed by atoms with E-state index in [0.29, 0.717) is 0 Å². The fourth-order valence-corrected chi connectivity index (χ4v) is 0.478. The zero-order valence-electron chi connectivity index (χ0n) is 5.38. The first-order valence-electron chi connectivity index (χ1n) is 2.83. The number of rotatable bonds is 5. The molecule has 60 valence electrons. The predicted octanol–water partition coefficient (Wildman–Crippen LogP) is -0.745. The van der Waals surface area contributed by atoms with Crippen molar-refractivity contribution in [3.63, 3.8) is 0 Å². The third-order valence-corrected chi connectivity index (χ3v) is 0.918. The summed E-state index contributed by atoms with van der Waals surface area (Å²) in [7, 11) is 0. The Labute approximate surface area is 57.6 Å². The largest absolute Gasteiger partial charge is 0.390 e. The normalized spacial score (nSPS) is 13.1. The molecule has 0 aromatic carbocycles. The average Bonchev–Trinajstić information content (AvgIpc) is 1.88. The fourth-order valence-electron chi connectivity index (χ4n) is 0.478. The predicted molar refractivity (Wildman–Crippen MR) is 31.4 cm³/mol. The van der Waals surface area contributed by atoms with Gasteiger partial charge in [0.1, 0.15) is 6.67 Å². The molecule has 10 heavy (non-hydrogen) atoms. The number of alkyl halides is 1. The van der Waals surface area contributed by atoms with Gasteiger partial charge in [0.05, 0.1) is 12.6 Å². The van der Waals surface area contributed by atoms with Crippen LogP contribution in [0.25, 0.3) is 0 Å².